The fourth-order valence-corrected chi connectivity index (χ4v) is 1.38. The molecule has 6 heteroatoms. The number of alkyl halides is 3. The molecule has 0 aliphatic rings. The van der Waals surface area contributed by atoms with E-state index in [0.29, 0.717) is 5.56 Å². The van der Waals surface area contributed by atoms with Crippen molar-refractivity contribution in [3.63, 3.8) is 0 Å². The van der Waals surface area contributed by atoms with Gasteiger partial charge in [-0.3, -0.25) is 0 Å². The summed E-state index contributed by atoms with van der Waals surface area (Å²) < 4.78 is 40.6. The molecule has 0 aliphatic carbocycles. The lowest BCUT2D eigenvalue weighted by atomic mass is 10.2. The van der Waals surface area contributed by atoms with Gasteiger partial charge in [-0.1, -0.05) is 11.6 Å². The van der Waals surface area contributed by atoms with Crippen LogP contribution in [0.4, 0.5) is 13.2 Å². The Labute approximate surface area is 102 Å². The van der Waals surface area contributed by atoms with Crippen molar-refractivity contribution in [1.82, 2.24) is 0 Å². The van der Waals surface area contributed by atoms with Crippen LogP contribution >= 0.6 is 11.6 Å². The Kier molecular flexibility index (Phi) is 4.64. The summed E-state index contributed by atoms with van der Waals surface area (Å²) in [5.74, 6) is 0.285. The van der Waals surface area contributed by atoms with Gasteiger partial charge in [0.25, 0.3) is 0 Å². The number of hydrogen-bond donors (Lipinski definition) is 0. The van der Waals surface area contributed by atoms with E-state index in [9.17, 15) is 13.2 Å². The van der Waals surface area contributed by atoms with Crippen LogP contribution in [0.15, 0.2) is 18.2 Å². The highest BCUT2D eigenvalue weighted by molar-refractivity contribution is 6.32. The van der Waals surface area contributed by atoms with Crippen molar-refractivity contribution >= 4 is 11.6 Å². The summed E-state index contributed by atoms with van der Waals surface area (Å²) >= 11 is 5.78. The molecule has 1 rings (SSSR count). The van der Waals surface area contributed by atoms with E-state index >= 15 is 0 Å². The van der Waals surface area contributed by atoms with Crippen LogP contribution in [-0.4, -0.2) is 12.8 Å². The molecule has 0 bridgehead atoms. The number of nitriles is 1. The Bertz CT molecular complexity index is 426. The van der Waals surface area contributed by atoms with Gasteiger partial charge in [-0.25, -0.2) is 0 Å². The molecule has 0 aliphatic heterocycles. The van der Waals surface area contributed by atoms with Crippen LogP contribution in [0.1, 0.15) is 18.4 Å². The standard InChI is InChI=1S/C11H9ClF3NO/c12-9-6-8(7-16)2-3-10(9)17-5-1-4-11(13,14)15/h2-3,6H,1,4-5H2. The van der Waals surface area contributed by atoms with E-state index < -0.39 is 12.6 Å². The minimum atomic E-state index is -4.17. The molecule has 0 atom stereocenters. The lowest BCUT2D eigenvalue weighted by Crippen LogP contribution is -2.09. The van der Waals surface area contributed by atoms with Gasteiger partial charge < -0.3 is 4.74 Å². The lowest BCUT2D eigenvalue weighted by Gasteiger charge is -2.09. The maximum Gasteiger partial charge on any atom is 0.389 e. The Morgan fingerprint density at radius 2 is 2.06 bits per heavy atom. The van der Waals surface area contributed by atoms with Gasteiger partial charge in [0.15, 0.2) is 0 Å². The Hall–Kier alpha value is -1.41. The predicted molar refractivity (Wildman–Crippen MR) is 57.0 cm³/mol. The molecule has 2 nitrogen and oxygen atoms in total. The van der Waals surface area contributed by atoms with Crippen molar-refractivity contribution in [3.05, 3.63) is 28.8 Å². The van der Waals surface area contributed by atoms with Gasteiger partial charge in [-0.05, 0) is 24.6 Å². The molecule has 0 aromatic heterocycles. The number of benzene rings is 1. The highest BCUT2D eigenvalue weighted by Gasteiger charge is 2.26. The molecule has 1 aromatic rings. The molecule has 0 saturated carbocycles. The van der Waals surface area contributed by atoms with Crippen molar-refractivity contribution in [2.75, 3.05) is 6.61 Å². The average molecular weight is 264 g/mol. The quantitative estimate of drug-likeness (QED) is 0.771. The summed E-state index contributed by atoms with van der Waals surface area (Å²) in [6.07, 6.45) is -5.18. The molecular formula is C11H9ClF3NO. The van der Waals surface area contributed by atoms with Crippen molar-refractivity contribution in [1.29, 1.82) is 5.26 Å². The largest absolute Gasteiger partial charge is 0.492 e. The van der Waals surface area contributed by atoms with Crippen LogP contribution in [0.2, 0.25) is 5.02 Å². The fourth-order valence-electron chi connectivity index (χ4n) is 1.14. The molecule has 0 N–H and O–H groups in total. The van der Waals surface area contributed by atoms with Gasteiger partial charge in [0.05, 0.1) is 23.3 Å². The van der Waals surface area contributed by atoms with Gasteiger partial charge in [0.1, 0.15) is 5.75 Å². The molecule has 0 unspecified atom stereocenters. The van der Waals surface area contributed by atoms with E-state index in [1.54, 1.807) is 0 Å². The molecule has 0 saturated heterocycles. The van der Waals surface area contributed by atoms with Crippen molar-refractivity contribution < 1.29 is 17.9 Å². The van der Waals surface area contributed by atoms with Gasteiger partial charge in [0.2, 0.25) is 0 Å². The zero-order valence-corrected chi connectivity index (χ0v) is 9.48. The summed E-state index contributed by atoms with van der Waals surface area (Å²) in [6, 6.07) is 6.25. The van der Waals surface area contributed by atoms with E-state index in [4.69, 9.17) is 21.6 Å². The highest BCUT2D eigenvalue weighted by atomic mass is 35.5. The SMILES string of the molecule is N#Cc1ccc(OCCCC(F)(F)F)c(Cl)c1. The number of ether oxygens (including phenoxy) is 1. The van der Waals surface area contributed by atoms with Crippen LogP contribution < -0.4 is 4.74 Å². The first-order chi connectivity index (χ1) is 7.92. The van der Waals surface area contributed by atoms with Crippen molar-refractivity contribution in [3.8, 4) is 11.8 Å². The first-order valence-corrected chi connectivity index (χ1v) is 5.19. The van der Waals surface area contributed by atoms with Gasteiger partial charge in [-0.15, -0.1) is 0 Å². The first kappa shape index (κ1) is 13.7. The third kappa shape index (κ3) is 4.96. The summed E-state index contributed by atoms with van der Waals surface area (Å²) in [6.45, 7) is -0.0644. The fraction of sp³-hybridized carbons (Fsp3) is 0.364. The Balaban J connectivity index is 2.45. The second kappa shape index (κ2) is 5.78. The minimum Gasteiger partial charge on any atom is -0.492 e. The smallest absolute Gasteiger partial charge is 0.389 e. The third-order valence-corrected chi connectivity index (χ3v) is 2.22. The van der Waals surface area contributed by atoms with Crippen molar-refractivity contribution in [2.45, 2.75) is 19.0 Å². The summed E-state index contributed by atoms with van der Waals surface area (Å²) in [7, 11) is 0. The maximum absolute atomic E-state index is 11.8. The van der Waals surface area contributed by atoms with Crippen LogP contribution in [0, 0.1) is 11.3 Å². The first-order valence-electron chi connectivity index (χ1n) is 4.81. The van der Waals surface area contributed by atoms with Crippen molar-refractivity contribution in [2.24, 2.45) is 0 Å². The van der Waals surface area contributed by atoms with E-state index in [0.717, 1.165) is 0 Å². The lowest BCUT2D eigenvalue weighted by molar-refractivity contribution is -0.136. The van der Waals surface area contributed by atoms with E-state index in [1.165, 1.54) is 18.2 Å². The zero-order chi connectivity index (χ0) is 12.9. The molecule has 0 amide bonds. The molecule has 17 heavy (non-hydrogen) atoms. The van der Waals surface area contributed by atoms with Gasteiger partial charge in [0, 0.05) is 6.42 Å². The van der Waals surface area contributed by atoms with Gasteiger partial charge >= 0.3 is 6.18 Å². The van der Waals surface area contributed by atoms with Gasteiger partial charge in [-0.2, -0.15) is 18.4 Å². The highest BCUT2D eigenvalue weighted by Crippen LogP contribution is 2.26. The van der Waals surface area contributed by atoms with E-state index in [2.05, 4.69) is 0 Å². The second-order valence-corrected chi connectivity index (χ2v) is 3.73. The molecule has 92 valence electrons. The molecule has 0 heterocycles. The molecule has 1 aromatic carbocycles. The van der Waals surface area contributed by atoms with E-state index in [-0.39, 0.29) is 23.8 Å². The number of rotatable bonds is 4. The molecule has 0 fully saturated rings. The average Bonchev–Trinajstić information content (AvgIpc) is 2.24. The zero-order valence-electron chi connectivity index (χ0n) is 8.72. The van der Waals surface area contributed by atoms with E-state index in [1.807, 2.05) is 6.07 Å². The monoisotopic (exact) mass is 263 g/mol. The summed E-state index contributed by atoms with van der Waals surface area (Å²) in [4.78, 5) is 0. The minimum absolute atomic E-state index is 0.0644. The number of halogens is 4. The summed E-state index contributed by atoms with van der Waals surface area (Å²) in [5.41, 5.74) is 0.373. The van der Waals surface area contributed by atoms with Crippen LogP contribution in [0.3, 0.4) is 0 Å². The number of hydrogen-bond acceptors (Lipinski definition) is 2. The summed E-state index contributed by atoms with van der Waals surface area (Å²) in [5, 5.41) is 8.80. The Morgan fingerprint density at radius 1 is 1.35 bits per heavy atom. The number of nitrogens with zero attached hydrogens (tertiary/aromatic N) is 1. The predicted octanol–water partition coefficient (Wildman–Crippen LogP) is 3.93. The third-order valence-electron chi connectivity index (χ3n) is 1.92. The normalized spacial score (nSPS) is 11.0. The molecule has 0 spiro atoms. The maximum atomic E-state index is 11.8. The topological polar surface area (TPSA) is 33.0 Å². The van der Waals surface area contributed by atoms with Crippen LogP contribution in [0.5, 0.6) is 5.75 Å². The Morgan fingerprint density at radius 3 is 2.59 bits per heavy atom. The van der Waals surface area contributed by atoms with Crippen LogP contribution in [-0.2, 0) is 0 Å². The second-order valence-electron chi connectivity index (χ2n) is 3.32. The van der Waals surface area contributed by atoms with Crippen LogP contribution in [0.25, 0.3) is 0 Å². The molecular weight excluding hydrogens is 255 g/mol. The molecule has 0 radical (unpaired) electrons.